The van der Waals surface area contributed by atoms with E-state index < -0.39 is 0 Å². The maximum Gasteiger partial charge on any atom is 0.225 e. The van der Waals surface area contributed by atoms with Gasteiger partial charge in [-0.1, -0.05) is 53.5 Å². The summed E-state index contributed by atoms with van der Waals surface area (Å²) < 4.78 is 0. The maximum atomic E-state index is 13.3. The van der Waals surface area contributed by atoms with Gasteiger partial charge in [0.1, 0.15) is 5.82 Å². The van der Waals surface area contributed by atoms with Crippen LogP contribution in [0.5, 0.6) is 0 Å². The quantitative estimate of drug-likeness (QED) is 0.440. The zero-order chi connectivity index (χ0) is 23.2. The lowest BCUT2D eigenvalue weighted by molar-refractivity contribution is -0.126. The molecule has 0 spiro atoms. The Kier molecular flexibility index (Phi) is 7.89. The molecule has 0 saturated carbocycles. The van der Waals surface area contributed by atoms with Crippen molar-refractivity contribution in [1.29, 1.82) is 0 Å². The van der Waals surface area contributed by atoms with Crippen molar-refractivity contribution in [1.82, 2.24) is 10.3 Å². The number of nitrogens with zero attached hydrogens (tertiary/aromatic N) is 2. The molecule has 1 amide bonds. The smallest absolute Gasteiger partial charge is 0.225 e. The summed E-state index contributed by atoms with van der Waals surface area (Å²) in [4.78, 5) is 19.9. The van der Waals surface area contributed by atoms with E-state index in [-0.39, 0.29) is 23.8 Å². The third-order valence-electron chi connectivity index (χ3n) is 6.41. The minimum absolute atomic E-state index is 0.0421. The highest BCUT2D eigenvalue weighted by Crippen LogP contribution is 2.28. The molecule has 1 unspecified atom stereocenters. The highest BCUT2D eigenvalue weighted by molar-refractivity contribution is 6.30. The molecule has 33 heavy (non-hydrogen) atoms. The second-order valence-electron chi connectivity index (χ2n) is 8.76. The first kappa shape index (κ1) is 23.6. The number of piperidine rings is 1. The first-order valence-electron chi connectivity index (χ1n) is 11.5. The lowest BCUT2D eigenvalue weighted by Crippen LogP contribution is -2.47. The fraction of sp³-hybridized carbons (Fsp3) is 0.333. The van der Waals surface area contributed by atoms with Crippen LogP contribution in [-0.4, -0.2) is 30.0 Å². The molecule has 2 aromatic carbocycles. The monoisotopic (exact) mass is 481 g/mol. The van der Waals surface area contributed by atoms with Crippen molar-refractivity contribution in [2.45, 2.75) is 38.1 Å². The van der Waals surface area contributed by atoms with Gasteiger partial charge in [0.25, 0.3) is 0 Å². The van der Waals surface area contributed by atoms with E-state index in [1.54, 1.807) is 6.20 Å². The molecular formula is C27H29Cl2N3O. The van der Waals surface area contributed by atoms with Crippen molar-refractivity contribution < 1.29 is 4.79 Å². The summed E-state index contributed by atoms with van der Waals surface area (Å²) in [5, 5.41) is 4.75. The number of aromatic nitrogens is 1. The first-order valence-corrected chi connectivity index (χ1v) is 12.2. The standard InChI is InChI=1S/C27H29Cl2N3O/c1-19(31-27(33)22-5-4-16-32(18-22)26-6-2-3-15-30-26)25(21-9-13-24(29)14-10-21)17-20-7-11-23(28)12-8-20/h2-3,6-15,19,22,25H,4-5,16-18H2,1H3,(H,31,33)/t19-,22?,25+/m1/s1. The summed E-state index contributed by atoms with van der Waals surface area (Å²) in [5.41, 5.74) is 2.33. The predicted octanol–water partition coefficient (Wildman–Crippen LogP) is 6.14. The van der Waals surface area contributed by atoms with E-state index in [2.05, 4.69) is 34.3 Å². The van der Waals surface area contributed by atoms with Gasteiger partial charge in [-0.15, -0.1) is 0 Å². The number of rotatable bonds is 7. The molecule has 1 saturated heterocycles. The van der Waals surface area contributed by atoms with E-state index in [1.807, 2.05) is 54.6 Å². The van der Waals surface area contributed by atoms with Gasteiger partial charge in [0, 0.05) is 41.3 Å². The minimum Gasteiger partial charge on any atom is -0.356 e. The largest absolute Gasteiger partial charge is 0.356 e. The van der Waals surface area contributed by atoms with E-state index in [0.29, 0.717) is 11.6 Å². The van der Waals surface area contributed by atoms with Crippen LogP contribution in [0, 0.1) is 5.92 Å². The third-order valence-corrected chi connectivity index (χ3v) is 6.91. The molecular weight excluding hydrogens is 453 g/mol. The van der Waals surface area contributed by atoms with Gasteiger partial charge in [-0.05, 0) is 73.7 Å². The van der Waals surface area contributed by atoms with Gasteiger partial charge < -0.3 is 10.2 Å². The van der Waals surface area contributed by atoms with Crippen LogP contribution in [0.4, 0.5) is 5.82 Å². The van der Waals surface area contributed by atoms with E-state index in [4.69, 9.17) is 23.2 Å². The van der Waals surface area contributed by atoms with Crippen LogP contribution in [0.25, 0.3) is 0 Å². The van der Waals surface area contributed by atoms with E-state index in [0.717, 1.165) is 42.2 Å². The maximum absolute atomic E-state index is 13.3. The van der Waals surface area contributed by atoms with Crippen LogP contribution in [0.15, 0.2) is 72.9 Å². The zero-order valence-electron chi connectivity index (χ0n) is 18.8. The van der Waals surface area contributed by atoms with Gasteiger partial charge in [0.05, 0.1) is 5.92 Å². The fourth-order valence-corrected chi connectivity index (χ4v) is 4.80. The molecule has 4 nitrogen and oxygen atoms in total. The van der Waals surface area contributed by atoms with E-state index in [9.17, 15) is 4.79 Å². The number of benzene rings is 2. The number of halogens is 2. The highest BCUT2D eigenvalue weighted by atomic mass is 35.5. The second-order valence-corrected chi connectivity index (χ2v) is 9.63. The molecule has 3 aromatic rings. The van der Waals surface area contributed by atoms with Crippen molar-refractivity contribution in [2.75, 3.05) is 18.0 Å². The number of carbonyl (C=O) groups is 1. The van der Waals surface area contributed by atoms with Gasteiger partial charge in [-0.2, -0.15) is 0 Å². The molecule has 1 aliphatic heterocycles. The van der Waals surface area contributed by atoms with Crippen molar-refractivity contribution >= 4 is 34.9 Å². The molecule has 172 valence electrons. The Balaban J connectivity index is 1.47. The van der Waals surface area contributed by atoms with Crippen molar-refractivity contribution in [3.8, 4) is 0 Å². The minimum atomic E-state index is -0.0513. The molecule has 1 fully saturated rings. The van der Waals surface area contributed by atoms with Crippen LogP contribution in [0.1, 0.15) is 36.8 Å². The molecule has 2 heterocycles. The summed E-state index contributed by atoms with van der Waals surface area (Å²) in [6.07, 6.45) is 4.47. The Labute approximate surface area is 205 Å². The topological polar surface area (TPSA) is 45.2 Å². The molecule has 1 aliphatic rings. The van der Waals surface area contributed by atoms with Crippen LogP contribution in [0.3, 0.4) is 0 Å². The Morgan fingerprint density at radius 3 is 2.42 bits per heavy atom. The lowest BCUT2D eigenvalue weighted by atomic mass is 9.86. The first-order chi connectivity index (χ1) is 16.0. The van der Waals surface area contributed by atoms with Crippen molar-refractivity contribution in [3.63, 3.8) is 0 Å². The van der Waals surface area contributed by atoms with Gasteiger partial charge in [-0.3, -0.25) is 4.79 Å². The number of hydrogen-bond donors (Lipinski definition) is 1. The van der Waals surface area contributed by atoms with Crippen LogP contribution < -0.4 is 10.2 Å². The van der Waals surface area contributed by atoms with Gasteiger partial charge in [0.15, 0.2) is 0 Å². The fourth-order valence-electron chi connectivity index (χ4n) is 4.55. The summed E-state index contributed by atoms with van der Waals surface area (Å²) >= 11 is 12.2. The molecule has 3 atom stereocenters. The van der Waals surface area contributed by atoms with Crippen LogP contribution in [-0.2, 0) is 11.2 Å². The molecule has 0 radical (unpaired) electrons. The molecule has 1 aromatic heterocycles. The summed E-state index contributed by atoms with van der Waals surface area (Å²) in [5.74, 6) is 1.11. The molecule has 6 heteroatoms. The van der Waals surface area contributed by atoms with E-state index >= 15 is 0 Å². The average Bonchev–Trinajstić information content (AvgIpc) is 2.85. The molecule has 1 N–H and O–H groups in total. The SMILES string of the molecule is C[C@@H](NC(=O)C1CCCN(c2ccccn2)C1)[C@H](Cc1ccc(Cl)cc1)c1ccc(Cl)cc1. The van der Waals surface area contributed by atoms with Crippen LogP contribution in [0.2, 0.25) is 10.0 Å². The number of pyridine rings is 1. The van der Waals surface area contributed by atoms with Gasteiger partial charge in [-0.25, -0.2) is 4.98 Å². The number of hydrogen-bond acceptors (Lipinski definition) is 3. The average molecular weight is 482 g/mol. The van der Waals surface area contributed by atoms with Crippen molar-refractivity contribution in [2.24, 2.45) is 5.92 Å². The number of anilines is 1. The Bertz CT molecular complexity index is 1040. The molecule has 4 rings (SSSR count). The number of carbonyl (C=O) groups excluding carboxylic acids is 1. The Hall–Kier alpha value is -2.56. The molecule has 0 aliphatic carbocycles. The number of amides is 1. The zero-order valence-corrected chi connectivity index (χ0v) is 20.3. The van der Waals surface area contributed by atoms with E-state index in [1.165, 1.54) is 5.56 Å². The van der Waals surface area contributed by atoms with Crippen LogP contribution >= 0.6 is 23.2 Å². The Morgan fingerprint density at radius 1 is 1.06 bits per heavy atom. The van der Waals surface area contributed by atoms with Gasteiger partial charge in [0.2, 0.25) is 5.91 Å². The van der Waals surface area contributed by atoms with Gasteiger partial charge >= 0.3 is 0 Å². The lowest BCUT2D eigenvalue weighted by Gasteiger charge is -2.34. The summed E-state index contributed by atoms with van der Waals surface area (Å²) in [7, 11) is 0. The third kappa shape index (κ3) is 6.27. The number of nitrogens with one attached hydrogen (secondary N) is 1. The van der Waals surface area contributed by atoms with Crippen molar-refractivity contribution in [3.05, 3.63) is 94.1 Å². The molecule has 0 bridgehead atoms. The normalized spacial score (nSPS) is 17.9. The Morgan fingerprint density at radius 2 is 1.76 bits per heavy atom. The summed E-state index contributed by atoms with van der Waals surface area (Å²) in [6.45, 7) is 3.71. The second kappa shape index (κ2) is 11.0. The summed E-state index contributed by atoms with van der Waals surface area (Å²) in [6, 6.07) is 21.7. The highest BCUT2D eigenvalue weighted by Gasteiger charge is 2.29. The predicted molar refractivity (Wildman–Crippen MR) is 136 cm³/mol.